The predicted octanol–water partition coefficient (Wildman–Crippen LogP) is 3.65. The third-order valence-electron chi connectivity index (χ3n) is 5.41. The Morgan fingerprint density at radius 1 is 1.00 bits per heavy atom. The SMILES string of the molecule is Cc1cc(OCC(O)CN2CCN(c3ccccn3)CC2)c2ccccc2c1O.Cl.Cl. The molecule has 1 aliphatic heterocycles. The highest BCUT2D eigenvalue weighted by Gasteiger charge is 2.20. The number of nitrogens with zero attached hydrogens (tertiary/aromatic N) is 3. The van der Waals surface area contributed by atoms with Crippen LogP contribution in [0.2, 0.25) is 0 Å². The largest absolute Gasteiger partial charge is 0.507 e. The number of aromatic nitrogens is 1. The number of halogens is 2. The fourth-order valence-corrected chi connectivity index (χ4v) is 3.82. The minimum Gasteiger partial charge on any atom is -0.507 e. The minimum absolute atomic E-state index is 0. The molecule has 1 aliphatic rings. The second-order valence-electron chi connectivity index (χ2n) is 7.53. The number of aliphatic hydroxyl groups excluding tert-OH is 1. The van der Waals surface area contributed by atoms with E-state index in [-0.39, 0.29) is 37.2 Å². The fraction of sp³-hybridized carbons (Fsp3) is 0.348. The molecule has 0 saturated carbocycles. The smallest absolute Gasteiger partial charge is 0.128 e. The summed E-state index contributed by atoms with van der Waals surface area (Å²) < 4.78 is 5.94. The van der Waals surface area contributed by atoms with Crippen molar-refractivity contribution in [2.24, 2.45) is 0 Å². The number of ether oxygens (including phenoxy) is 1. The molecule has 6 nitrogen and oxygen atoms in total. The van der Waals surface area contributed by atoms with Crippen LogP contribution < -0.4 is 9.64 Å². The van der Waals surface area contributed by atoms with E-state index in [1.807, 2.05) is 61.7 Å². The van der Waals surface area contributed by atoms with Gasteiger partial charge in [0.05, 0.1) is 0 Å². The Bertz CT molecular complexity index is 967. The Morgan fingerprint density at radius 2 is 1.68 bits per heavy atom. The lowest BCUT2D eigenvalue weighted by atomic mass is 10.0. The number of rotatable bonds is 6. The van der Waals surface area contributed by atoms with Gasteiger partial charge in [-0.2, -0.15) is 0 Å². The molecule has 0 bridgehead atoms. The molecule has 1 fully saturated rings. The summed E-state index contributed by atoms with van der Waals surface area (Å²) in [6.07, 6.45) is 1.24. The summed E-state index contributed by atoms with van der Waals surface area (Å²) in [6, 6.07) is 15.4. The third kappa shape index (κ3) is 5.92. The van der Waals surface area contributed by atoms with Gasteiger partial charge in [-0.15, -0.1) is 24.8 Å². The molecule has 1 saturated heterocycles. The summed E-state index contributed by atoms with van der Waals surface area (Å²) in [5.74, 6) is 1.97. The lowest BCUT2D eigenvalue weighted by Crippen LogP contribution is -2.49. The van der Waals surface area contributed by atoms with E-state index in [0.29, 0.717) is 12.3 Å². The van der Waals surface area contributed by atoms with Gasteiger partial charge in [0, 0.05) is 49.7 Å². The maximum atomic E-state index is 10.5. The summed E-state index contributed by atoms with van der Waals surface area (Å²) in [5, 5.41) is 22.4. The maximum absolute atomic E-state index is 10.5. The van der Waals surface area contributed by atoms with E-state index in [0.717, 1.165) is 48.3 Å². The van der Waals surface area contributed by atoms with Crippen LogP contribution >= 0.6 is 24.8 Å². The predicted molar refractivity (Wildman–Crippen MR) is 129 cm³/mol. The van der Waals surface area contributed by atoms with Crippen LogP contribution in [-0.2, 0) is 0 Å². The van der Waals surface area contributed by atoms with Gasteiger partial charge in [-0.25, -0.2) is 4.98 Å². The number of benzene rings is 2. The zero-order valence-corrected chi connectivity index (χ0v) is 19.1. The van der Waals surface area contributed by atoms with Crippen LogP contribution in [0.4, 0.5) is 5.82 Å². The Balaban J connectivity index is 0.00000171. The molecule has 2 N–H and O–H groups in total. The molecule has 3 aromatic rings. The molecule has 0 radical (unpaired) electrons. The van der Waals surface area contributed by atoms with Gasteiger partial charge in [-0.3, -0.25) is 4.90 Å². The molecular formula is C23H29Cl2N3O3. The van der Waals surface area contributed by atoms with Gasteiger partial charge < -0.3 is 19.8 Å². The van der Waals surface area contributed by atoms with E-state index in [1.165, 1.54) is 0 Å². The number of β-amino-alcohol motifs (C(OH)–C–C–N with tert-alkyl or cyclic N) is 1. The molecule has 1 aromatic heterocycles. The summed E-state index contributed by atoms with van der Waals surface area (Å²) in [6.45, 7) is 6.20. The standard InChI is InChI=1S/C23H27N3O3.2ClH/c1-17-14-21(19-6-2-3-7-20(19)23(17)28)29-16-18(27)15-25-10-12-26(13-11-25)22-8-4-5-9-24-22;;/h2-9,14,18,27-28H,10-13,15-16H2,1H3;2*1H. The molecule has 8 heteroatoms. The third-order valence-corrected chi connectivity index (χ3v) is 5.41. The van der Waals surface area contributed by atoms with Crippen molar-refractivity contribution in [3.63, 3.8) is 0 Å². The highest BCUT2D eigenvalue weighted by Crippen LogP contribution is 2.35. The van der Waals surface area contributed by atoms with Gasteiger partial charge >= 0.3 is 0 Å². The first-order valence-electron chi connectivity index (χ1n) is 10.0. The van der Waals surface area contributed by atoms with Crippen LogP contribution in [0.3, 0.4) is 0 Å². The number of aryl methyl sites for hydroxylation is 1. The fourth-order valence-electron chi connectivity index (χ4n) is 3.82. The first-order chi connectivity index (χ1) is 14.1. The van der Waals surface area contributed by atoms with Crippen LogP contribution in [0, 0.1) is 6.92 Å². The number of hydrogen-bond donors (Lipinski definition) is 2. The van der Waals surface area contributed by atoms with Crippen LogP contribution in [0.1, 0.15) is 5.56 Å². The van der Waals surface area contributed by atoms with Gasteiger partial charge in [-0.05, 0) is 30.7 Å². The first kappa shape index (κ1) is 25.0. The van der Waals surface area contributed by atoms with Crippen molar-refractivity contribution in [3.05, 3.63) is 60.3 Å². The van der Waals surface area contributed by atoms with Gasteiger partial charge in [0.2, 0.25) is 0 Å². The number of phenolic OH excluding ortho intramolecular Hbond substituents is 1. The van der Waals surface area contributed by atoms with E-state index in [4.69, 9.17) is 4.74 Å². The zero-order chi connectivity index (χ0) is 20.2. The highest BCUT2D eigenvalue weighted by atomic mass is 35.5. The molecule has 0 aliphatic carbocycles. The molecule has 0 amide bonds. The van der Waals surface area contributed by atoms with E-state index < -0.39 is 6.10 Å². The molecule has 31 heavy (non-hydrogen) atoms. The van der Waals surface area contributed by atoms with Crippen molar-refractivity contribution in [1.29, 1.82) is 0 Å². The molecule has 1 atom stereocenters. The summed E-state index contributed by atoms with van der Waals surface area (Å²) in [7, 11) is 0. The van der Waals surface area contributed by atoms with Gasteiger partial charge in [-0.1, -0.05) is 30.3 Å². The number of piperazine rings is 1. The molecule has 2 heterocycles. The monoisotopic (exact) mass is 465 g/mol. The number of pyridine rings is 1. The topological polar surface area (TPSA) is 69.1 Å². The molecule has 2 aromatic carbocycles. The highest BCUT2D eigenvalue weighted by molar-refractivity contribution is 5.94. The molecule has 4 rings (SSSR count). The molecule has 168 valence electrons. The maximum Gasteiger partial charge on any atom is 0.128 e. The average molecular weight is 466 g/mol. The van der Waals surface area contributed by atoms with Crippen LogP contribution in [-0.4, -0.2) is 65.5 Å². The average Bonchev–Trinajstić information content (AvgIpc) is 2.76. The van der Waals surface area contributed by atoms with E-state index >= 15 is 0 Å². The van der Waals surface area contributed by atoms with Crippen LogP contribution in [0.25, 0.3) is 10.8 Å². The van der Waals surface area contributed by atoms with Gasteiger partial charge in [0.25, 0.3) is 0 Å². The van der Waals surface area contributed by atoms with E-state index in [2.05, 4.69) is 14.8 Å². The Kier molecular flexibility index (Phi) is 9.19. The number of hydrogen-bond acceptors (Lipinski definition) is 6. The second kappa shape index (κ2) is 11.4. The number of anilines is 1. The number of aliphatic hydroxyl groups is 1. The van der Waals surface area contributed by atoms with Crippen molar-refractivity contribution in [3.8, 4) is 11.5 Å². The lowest BCUT2D eigenvalue weighted by Gasteiger charge is -2.36. The molecule has 1 unspecified atom stereocenters. The minimum atomic E-state index is -0.579. The van der Waals surface area contributed by atoms with Gasteiger partial charge in [0.1, 0.15) is 30.0 Å². The first-order valence-corrected chi connectivity index (χ1v) is 10.0. The van der Waals surface area contributed by atoms with Gasteiger partial charge in [0.15, 0.2) is 0 Å². The number of aromatic hydroxyl groups is 1. The molecular weight excluding hydrogens is 437 g/mol. The Hall–Kier alpha value is -2.25. The van der Waals surface area contributed by atoms with Crippen molar-refractivity contribution >= 4 is 41.4 Å². The van der Waals surface area contributed by atoms with Crippen molar-refractivity contribution in [2.75, 3.05) is 44.2 Å². The second-order valence-corrected chi connectivity index (χ2v) is 7.53. The normalized spacial score (nSPS) is 15.1. The quantitative estimate of drug-likeness (QED) is 0.578. The van der Waals surface area contributed by atoms with Crippen LogP contribution in [0.5, 0.6) is 11.5 Å². The van der Waals surface area contributed by atoms with Crippen molar-refractivity contribution < 1.29 is 14.9 Å². The summed E-state index contributed by atoms with van der Waals surface area (Å²) >= 11 is 0. The zero-order valence-electron chi connectivity index (χ0n) is 17.5. The summed E-state index contributed by atoms with van der Waals surface area (Å²) in [5.41, 5.74) is 0.763. The van der Waals surface area contributed by atoms with E-state index in [1.54, 1.807) is 0 Å². The van der Waals surface area contributed by atoms with Crippen LogP contribution in [0.15, 0.2) is 54.7 Å². The molecule has 0 spiro atoms. The number of phenols is 1. The number of fused-ring (bicyclic) bond motifs is 1. The van der Waals surface area contributed by atoms with E-state index in [9.17, 15) is 10.2 Å². The Morgan fingerprint density at radius 3 is 2.35 bits per heavy atom. The Labute approximate surface area is 195 Å². The van der Waals surface area contributed by atoms with Crippen molar-refractivity contribution in [1.82, 2.24) is 9.88 Å². The summed E-state index contributed by atoms with van der Waals surface area (Å²) in [4.78, 5) is 8.94. The lowest BCUT2D eigenvalue weighted by molar-refractivity contribution is 0.0667. The van der Waals surface area contributed by atoms with Crippen molar-refractivity contribution in [2.45, 2.75) is 13.0 Å².